The van der Waals surface area contributed by atoms with Gasteiger partial charge >= 0.3 is 0 Å². The highest BCUT2D eigenvalue weighted by atomic mass is 19.1. The number of benzene rings is 2. The van der Waals surface area contributed by atoms with Crippen LogP contribution < -0.4 is 4.74 Å². The summed E-state index contributed by atoms with van der Waals surface area (Å²) in [6.45, 7) is 6.06. The van der Waals surface area contributed by atoms with Crippen molar-refractivity contribution in [1.82, 2.24) is 9.80 Å². The molecule has 0 saturated carbocycles. The van der Waals surface area contributed by atoms with Gasteiger partial charge in [-0.15, -0.1) is 0 Å². The molecular formula is C24H27FN2O3. The Kier molecular flexibility index (Phi) is 5.75. The number of nitrogens with zero attached hydrogens (tertiary/aromatic N) is 2. The van der Waals surface area contributed by atoms with Crippen LogP contribution in [0.5, 0.6) is 5.75 Å². The third-order valence-electron chi connectivity index (χ3n) is 6.22. The van der Waals surface area contributed by atoms with Gasteiger partial charge in [0.15, 0.2) is 6.61 Å². The van der Waals surface area contributed by atoms with Gasteiger partial charge in [0, 0.05) is 31.6 Å². The third-order valence-corrected chi connectivity index (χ3v) is 6.22. The van der Waals surface area contributed by atoms with E-state index >= 15 is 0 Å². The molecule has 0 bridgehead atoms. The quantitative estimate of drug-likeness (QED) is 0.761. The van der Waals surface area contributed by atoms with Gasteiger partial charge in [0.25, 0.3) is 5.91 Å². The Morgan fingerprint density at radius 3 is 2.57 bits per heavy atom. The average molecular weight is 410 g/mol. The first-order valence-electron chi connectivity index (χ1n) is 10.4. The number of hydrogen-bond donors (Lipinski definition) is 0. The first-order valence-corrected chi connectivity index (χ1v) is 10.4. The zero-order valence-electron chi connectivity index (χ0n) is 17.4. The number of piperidine rings is 1. The fourth-order valence-electron chi connectivity index (χ4n) is 4.40. The Bertz CT molecular complexity index is 944. The zero-order chi connectivity index (χ0) is 21.3. The van der Waals surface area contributed by atoms with Gasteiger partial charge in [0.2, 0.25) is 5.91 Å². The van der Waals surface area contributed by atoms with Crippen molar-refractivity contribution in [2.45, 2.75) is 32.7 Å². The van der Waals surface area contributed by atoms with Crippen LogP contribution in [0.1, 0.15) is 23.1 Å². The number of fused-ring (bicyclic) bond motifs is 1. The van der Waals surface area contributed by atoms with Crippen LogP contribution in [0.4, 0.5) is 4.39 Å². The van der Waals surface area contributed by atoms with Crippen LogP contribution in [0, 0.1) is 25.6 Å². The summed E-state index contributed by atoms with van der Waals surface area (Å²) in [7, 11) is 0. The number of carbonyl (C=O) groups is 2. The molecular weight excluding hydrogens is 383 g/mol. The van der Waals surface area contributed by atoms with Gasteiger partial charge in [-0.05, 0) is 55.7 Å². The molecule has 2 atom stereocenters. The van der Waals surface area contributed by atoms with Gasteiger partial charge < -0.3 is 14.5 Å². The maximum absolute atomic E-state index is 13.0. The maximum Gasteiger partial charge on any atom is 0.260 e. The van der Waals surface area contributed by atoms with E-state index in [-0.39, 0.29) is 30.3 Å². The lowest BCUT2D eigenvalue weighted by Gasteiger charge is -2.53. The SMILES string of the molecule is Cc1ccc(C)c(CC(=O)N2CC[C@H]3[C@@H](C2)CN3C(=O)COc2ccc(F)cc2)c1. The van der Waals surface area contributed by atoms with E-state index in [0.717, 1.165) is 23.1 Å². The van der Waals surface area contributed by atoms with Crippen LogP contribution in [0.2, 0.25) is 0 Å². The Hall–Kier alpha value is -2.89. The molecule has 2 saturated heterocycles. The Labute approximate surface area is 176 Å². The summed E-state index contributed by atoms with van der Waals surface area (Å²) < 4.78 is 18.4. The summed E-state index contributed by atoms with van der Waals surface area (Å²) in [6, 6.07) is 12.0. The fourth-order valence-corrected chi connectivity index (χ4v) is 4.40. The molecule has 0 aromatic heterocycles. The van der Waals surface area contributed by atoms with Crippen LogP contribution >= 0.6 is 0 Å². The molecule has 2 heterocycles. The second-order valence-corrected chi connectivity index (χ2v) is 8.35. The summed E-state index contributed by atoms with van der Waals surface area (Å²) in [5, 5.41) is 0. The predicted octanol–water partition coefficient (Wildman–Crippen LogP) is 3.12. The molecule has 2 aliphatic heterocycles. The second kappa shape index (κ2) is 8.46. The molecule has 2 fully saturated rings. The van der Waals surface area contributed by atoms with Gasteiger partial charge in [-0.1, -0.05) is 23.8 Å². The van der Waals surface area contributed by atoms with Crippen LogP contribution in [-0.4, -0.2) is 53.9 Å². The summed E-state index contributed by atoms with van der Waals surface area (Å²) in [5.74, 6) is 0.574. The summed E-state index contributed by atoms with van der Waals surface area (Å²) in [5.41, 5.74) is 3.40. The predicted molar refractivity (Wildman–Crippen MR) is 112 cm³/mol. The fraction of sp³-hybridized carbons (Fsp3) is 0.417. The van der Waals surface area contributed by atoms with Crippen molar-refractivity contribution in [2.24, 2.45) is 5.92 Å². The van der Waals surface area contributed by atoms with E-state index < -0.39 is 0 Å². The molecule has 2 aliphatic rings. The summed E-state index contributed by atoms with van der Waals surface area (Å²) >= 11 is 0. The topological polar surface area (TPSA) is 49.9 Å². The van der Waals surface area contributed by atoms with Crippen molar-refractivity contribution >= 4 is 11.8 Å². The van der Waals surface area contributed by atoms with E-state index in [1.165, 1.54) is 24.3 Å². The average Bonchev–Trinajstić information content (AvgIpc) is 2.71. The monoisotopic (exact) mass is 410 g/mol. The Balaban J connectivity index is 1.26. The molecule has 0 spiro atoms. The minimum absolute atomic E-state index is 0.0515. The Morgan fingerprint density at radius 1 is 1.07 bits per heavy atom. The number of likely N-dealkylation sites (tertiary alicyclic amines) is 2. The highest BCUT2D eigenvalue weighted by Gasteiger charge is 2.45. The molecule has 2 aromatic carbocycles. The van der Waals surface area contributed by atoms with E-state index in [1.807, 2.05) is 23.6 Å². The zero-order valence-corrected chi connectivity index (χ0v) is 17.4. The van der Waals surface area contributed by atoms with Crippen LogP contribution in [0.3, 0.4) is 0 Å². The van der Waals surface area contributed by atoms with Gasteiger partial charge in [-0.25, -0.2) is 4.39 Å². The summed E-state index contributed by atoms with van der Waals surface area (Å²) in [6.07, 6.45) is 1.23. The van der Waals surface area contributed by atoms with Gasteiger partial charge in [0.1, 0.15) is 11.6 Å². The molecule has 5 nitrogen and oxygen atoms in total. The van der Waals surface area contributed by atoms with Crippen molar-refractivity contribution < 1.29 is 18.7 Å². The van der Waals surface area contributed by atoms with E-state index in [4.69, 9.17) is 4.74 Å². The number of amides is 2. The van der Waals surface area contributed by atoms with E-state index in [1.54, 1.807) is 0 Å². The Morgan fingerprint density at radius 2 is 1.83 bits per heavy atom. The number of hydrogen-bond acceptors (Lipinski definition) is 3. The van der Waals surface area contributed by atoms with E-state index in [9.17, 15) is 14.0 Å². The van der Waals surface area contributed by atoms with Crippen LogP contribution in [0.25, 0.3) is 0 Å². The second-order valence-electron chi connectivity index (χ2n) is 8.35. The lowest BCUT2D eigenvalue weighted by molar-refractivity contribution is -0.153. The standard InChI is InChI=1S/C24H27FN2O3/c1-16-3-4-17(2)18(11-16)12-23(28)26-10-9-22-19(13-26)14-27(22)24(29)15-30-21-7-5-20(25)6-8-21/h3-8,11,19,22H,9-10,12-15H2,1-2H3/t19-,22-/m0/s1. The lowest BCUT2D eigenvalue weighted by atomic mass is 9.82. The van der Waals surface area contributed by atoms with Crippen molar-refractivity contribution in [3.8, 4) is 5.75 Å². The highest BCUT2D eigenvalue weighted by molar-refractivity contribution is 5.81. The molecule has 0 radical (unpaired) electrons. The molecule has 0 unspecified atom stereocenters. The lowest BCUT2D eigenvalue weighted by Crippen LogP contribution is -2.66. The van der Waals surface area contributed by atoms with Crippen LogP contribution in [0.15, 0.2) is 42.5 Å². The van der Waals surface area contributed by atoms with Crippen molar-refractivity contribution in [2.75, 3.05) is 26.2 Å². The molecule has 6 heteroatoms. The minimum atomic E-state index is -0.335. The molecule has 2 aromatic rings. The molecule has 2 amide bonds. The maximum atomic E-state index is 13.0. The van der Waals surface area contributed by atoms with Crippen molar-refractivity contribution in [1.29, 1.82) is 0 Å². The third kappa shape index (κ3) is 4.32. The van der Waals surface area contributed by atoms with E-state index in [0.29, 0.717) is 37.7 Å². The van der Waals surface area contributed by atoms with E-state index in [2.05, 4.69) is 18.2 Å². The van der Waals surface area contributed by atoms with Crippen LogP contribution in [-0.2, 0) is 16.0 Å². The first-order chi connectivity index (χ1) is 14.4. The smallest absolute Gasteiger partial charge is 0.260 e. The van der Waals surface area contributed by atoms with Crippen molar-refractivity contribution in [3.63, 3.8) is 0 Å². The first kappa shape index (κ1) is 20.4. The molecule has 0 N–H and O–H groups in total. The molecule has 30 heavy (non-hydrogen) atoms. The highest BCUT2D eigenvalue weighted by Crippen LogP contribution is 2.33. The van der Waals surface area contributed by atoms with Gasteiger partial charge in [-0.2, -0.15) is 0 Å². The van der Waals surface area contributed by atoms with Crippen molar-refractivity contribution in [3.05, 3.63) is 65.0 Å². The number of aryl methyl sites for hydroxylation is 2. The van der Waals surface area contributed by atoms with Gasteiger partial charge in [0.05, 0.1) is 6.42 Å². The number of halogens is 1. The minimum Gasteiger partial charge on any atom is -0.484 e. The largest absolute Gasteiger partial charge is 0.484 e. The normalized spacial score (nSPS) is 20.4. The summed E-state index contributed by atoms with van der Waals surface area (Å²) in [4.78, 5) is 29.1. The number of rotatable bonds is 5. The molecule has 158 valence electrons. The number of carbonyl (C=O) groups excluding carboxylic acids is 2. The number of ether oxygens (including phenoxy) is 1. The van der Waals surface area contributed by atoms with Gasteiger partial charge in [-0.3, -0.25) is 9.59 Å². The molecule has 0 aliphatic carbocycles. The molecule has 4 rings (SSSR count).